The standard InChI is InChI=1S/C17H21N3O2/c1-2-5-13(6-3-1)11-20-9-4-7-15(20)17-18-16(19-22-17)14-8-10-21-12-14/h1-3,5-6,14-15H,4,7-12H2/t14-,15-/m1/s1. The van der Waals surface area contributed by atoms with Gasteiger partial charge in [0.25, 0.3) is 0 Å². The van der Waals surface area contributed by atoms with E-state index in [-0.39, 0.29) is 6.04 Å². The van der Waals surface area contributed by atoms with E-state index in [0.29, 0.717) is 5.92 Å². The van der Waals surface area contributed by atoms with E-state index >= 15 is 0 Å². The summed E-state index contributed by atoms with van der Waals surface area (Å²) >= 11 is 0. The van der Waals surface area contributed by atoms with Crippen molar-refractivity contribution < 1.29 is 9.26 Å². The Morgan fingerprint density at radius 3 is 2.91 bits per heavy atom. The SMILES string of the molecule is c1ccc(CN2CCC[C@@H]2c2nc([C@@H]3CCOC3)no2)cc1. The van der Waals surface area contributed by atoms with E-state index in [0.717, 1.165) is 50.9 Å². The Bertz CT molecular complexity index is 607. The summed E-state index contributed by atoms with van der Waals surface area (Å²) < 4.78 is 11.0. The van der Waals surface area contributed by atoms with Gasteiger partial charge in [-0.3, -0.25) is 4.90 Å². The minimum absolute atomic E-state index is 0.253. The number of ether oxygens (including phenoxy) is 1. The van der Waals surface area contributed by atoms with Crippen molar-refractivity contribution in [2.45, 2.75) is 37.8 Å². The Balaban J connectivity index is 1.48. The topological polar surface area (TPSA) is 51.4 Å². The molecule has 0 N–H and O–H groups in total. The Morgan fingerprint density at radius 1 is 1.18 bits per heavy atom. The van der Waals surface area contributed by atoms with Crippen molar-refractivity contribution in [3.05, 3.63) is 47.6 Å². The number of benzene rings is 1. The summed E-state index contributed by atoms with van der Waals surface area (Å²) in [6.07, 6.45) is 3.27. The van der Waals surface area contributed by atoms with E-state index < -0.39 is 0 Å². The van der Waals surface area contributed by atoms with Crippen molar-refractivity contribution in [1.82, 2.24) is 15.0 Å². The van der Waals surface area contributed by atoms with Crippen LogP contribution in [0.3, 0.4) is 0 Å². The van der Waals surface area contributed by atoms with Crippen molar-refractivity contribution in [3.8, 4) is 0 Å². The molecule has 22 heavy (non-hydrogen) atoms. The van der Waals surface area contributed by atoms with Crippen LogP contribution >= 0.6 is 0 Å². The van der Waals surface area contributed by atoms with Gasteiger partial charge in [0, 0.05) is 19.1 Å². The Morgan fingerprint density at radius 2 is 2.09 bits per heavy atom. The van der Waals surface area contributed by atoms with Gasteiger partial charge in [-0.1, -0.05) is 35.5 Å². The predicted octanol–water partition coefficient (Wildman–Crippen LogP) is 2.91. The molecule has 0 amide bonds. The summed E-state index contributed by atoms with van der Waals surface area (Å²) in [5, 5.41) is 4.19. The minimum Gasteiger partial charge on any atom is -0.381 e. The van der Waals surface area contributed by atoms with Gasteiger partial charge in [-0.2, -0.15) is 4.98 Å². The molecule has 5 heteroatoms. The Hall–Kier alpha value is -1.72. The predicted molar refractivity (Wildman–Crippen MR) is 81.3 cm³/mol. The Kier molecular flexibility index (Phi) is 3.91. The Labute approximate surface area is 130 Å². The number of hydrogen-bond acceptors (Lipinski definition) is 5. The van der Waals surface area contributed by atoms with E-state index in [9.17, 15) is 0 Å². The molecule has 2 aliphatic heterocycles. The summed E-state index contributed by atoms with van der Waals surface area (Å²) in [5.41, 5.74) is 1.33. The second kappa shape index (κ2) is 6.18. The van der Waals surface area contributed by atoms with Crippen LogP contribution in [-0.4, -0.2) is 34.8 Å². The first-order valence-corrected chi connectivity index (χ1v) is 8.09. The summed E-state index contributed by atoms with van der Waals surface area (Å²) in [5.74, 6) is 1.90. The first-order valence-electron chi connectivity index (χ1n) is 8.09. The first-order chi connectivity index (χ1) is 10.9. The fraction of sp³-hybridized carbons (Fsp3) is 0.529. The molecule has 2 fully saturated rings. The van der Waals surface area contributed by atoms with E-state index in [1.54, 1.807) is 0 Å². The number of rotatable bonds is 4. The third-order valence-electron chi connectivity index (χ3n) is 4.63. The van der Waals surface area contributed by atoms with E-state index in [4.69, 9.17) is 9.26 Å². The van der Waals surface area contributed by atoms with Crippen molar-refractivity contribution >= 4 is 0 Å². The molecule has 0 saturated carbocycles. The smallest absolute Gasteiger partial charge is 0.244 e. The van der Waals surface area contributed by atoms with E-state index in [2.05, 4.69) is 45.4 Å². The van der Waals surface area contributed by atoms with Gasteiger partial charge in [0.2, 0.25) is 5.89 Å². The largest absolute Gasteiger partial charge is 0.381 e. The highest BCUT2D eigenvalue weighted by molar-refractivity contribution is 5.15. The third kappa shape index (κ3) is 2.78. The number of hydrogen-bond donors (Lipinski definition) is 0. The lowest BCUT2D eigenvalue weighted by Crippen LogP contribution is -2.23. The minimum atomic E-state index is 0.253. The highest BCUT2D eigenvalue weighted by Crippen LogP contribution is 2.33. The lowest BCUT2D eigenvalue weighted by molar-refractivity contribution is 0.192. The van der Waals surface area contributed by atoms with Crippen LogP contribution in [0.5, 0.6) is 0 Å². The molecule has 2 saturated heterocycles. The zero-order chi connectivity index (χ0) is 14.8. The van der Waals surface area contributed by atoms with Crippen molar-refractivity contribution in [1.29, 1.82) is 0 Å². The number of aromatic nitrogens is 2. The molecule has 0 unspecified atom stereocenters. The quantitative estimate of drug-likeness (QED) is 0.869. The second-order valence-corrected chi connectivity index (χ2v) is 6.17. The van der Waals surface area contributed by atoms with Gasteiger partial charge in [0.15, 0.2) is 5.82 Å². The van der Waals surface area contributed by atoms with Gasteiger partial charge in [-0.25, -0.2) is 0 Å². The van der Waals surface area contributed by atoms with Gasteiger partial charge >= 0.3 is 0 Å². The lowest BCUT2D eigenvalue weighted by Gasteiger charge is -2.21. The molecule has 1 aromatic carbocycles. The monoisotopic (exact) mass is 299 g/mol. The fourth-order valence-electron chi connectivity index (χ4n) is 3.40. The summed E-state index contributed by atoms with van der Waals surface area (Å²) in [7, 11) is 0. The second-order valence-electron chi connectivity index (χ2n) is 6.17. The molecule has 5 nitrogen and oxygen atoms in total. The van der Waals surface area contributed by atoms with Crippen LogP contribution in [0.4, 0.5) is 0 Å². The summed E-state index contributed by atoms with van der Waals surface area (Å²) in [6.45, 7) is 3.55. The zero-order valence-electron chi connectivity index (χ0n) is 12.6. The molecule has 1 aromatic heterocycles. The zero-order valence-corrected chi connectivity index (χ0v) is 12.6. The van der Waals surface area contributed by atoms with Gasteiger partial charge in [-0.05, 0) is 31.4 Å². The third-order valence-corrected chi connectivity index (χ3v) is 4.63. The molecule has 2 aromatic rings. The molecule has 0 radical (unpaired) electrons. The highest BCUT2D eigenvalue weighted by Gasteiger charge is 2.32. The number of likely N-dealkylation sites (tertiary alicyclic amines) is 1. The summed E-state index contributed by atoms with van der Waals surface area (Å²) in [4.78, 5) is 7.11. The number of nitrogens with zero attached hydrogens (tertiary/aromatic N) is 3. The summed E-state index contributed by atoms with van der Waals surface area (Å²) in [6, 6.07) is 10.8. The molecule has 2 aliphatic rings. The van der Waals surface area contributed by atoms with Crippen molar-refractivity contribution in [2.75, 3.05) is 19.8 Å². The van der Waals surface area contributed by atoms with E-state index in [1.165, 1.54) is 12.0 Å². The molecular weight excluding hydrogens is 278 g/mol. The lowest BCUT2D eigenvalue weighted by atomic mass is 10.1. The maximum absolute atomic E-state index is 5.57. The molecule has 0 spiro atoms. The van der Waals surface area contributed by atoms with Gasteiger partial charge < -0.3 is 9.26 Å². The van der Waals surface area contributed by atoms with Gasteiger partial charge in [0.05, 0.1) is 12.6 Å². The van der Waals surface area contributed by atoms with Crippen molar-refractivity contribution in [2.24, 2.45) is 0 Å². The van der Waals surface area contributed by atoms with E-state index in [1.807, 2.05) is 0 Å². The van der Waals surface area contributed by atoms with Gasteiger partial charge in [-0.15, -0.1) is 0 Å². The molecular formula is C17H21N3O2. The molecule has 0 aliphatic carbocycles. The molecule has 0 bridgehead atoms. The average molecular weight is 299 g/mol. The normalized spacial score (nSPS) is 25.8. The van der Waals surface area contributed by atoms with Crippen LogP contribution in [0, 0.1) is 0 Å². The highest BCUT2D eigenvalue weighted by atomic mass is 16.5. The molecule has 3 heterocycles. The van der Waals surface area contributed by atoms with Crippen LogP contribution in [0.25, 0.3) is 0 Å². The molecule has 4 rings (SSSR count). The fourth-order valence-corrected chi connectivity index (χ4v) is 3.40. The van der Waals surface area contributed by atoms with Gasteiger partial charge in [0.1, 0.15) is 0 Å². The molecule has 2 atom stereocenters. The van der Waals surface area contributed by atoms with Crippen molar-refractivity contribution in [3.63, 3.8) is 0 Å². The maximum atomic E-state index is 5.57. The maximum Gasteiger partial charge on any atom is 0.244 e. The van der Waals surface area contributed by atoms with Crippen LogP contribution in [0.2, 0.25) is 0 Å². The van der Waals surface area contributed by atoms with Crippen LogP contribution in [-0.2, 0) is 11.3 Å². The molecule has 116 valence electrons. The first kappa shape index (κ1) is 13.9. The average Bonchev–Trinajstić information content (AvgIpc) is 3.29. The van der Waals surface area contributed by atoms with Crippen LogP contribution in [0.15, 0.2) is 34.9 Å². The van der Waals surface area contributed by atoms with Crippen LogP contribution in [0.1, 0.15) is 48.5 Å². The van der Waals surface area contributed by atoms with Crippen LogP contribution < -0.4 is 0 Å².